The van der Waals surface area contributed by atoms with Gasteiger partial charge in [0.25, 0.3) is 5.91 Å². The van der Waals surface area contributed by atoms with E-state index in [1.165, 1.54) is 41.3 Å². The molecule has 2 aromatic rings. The van der Waals surface area contributed by atoms with Crippen molar-refractivity contribution in [3.05, 3.63) is 65.7 Å². The SMILES string of the molecule is NCCCN(C(=O)c1ccccc1F)c1ccccc1F. The van der Waals surface area contributed by atoms with Crippen LogP contribution in [0, 0.1) is 11.6 Å². The second-order valence-electron chi connectivity index (χ2n) is 4.53. The highest BCUT2D eigenvalue weighted by Gasteiger charge is 2.22. The molecule has 21 heavy (non-hydrogen) atoms. The molecular weight excluding hydrogens is 274 g/mol. The van der Waals surface area contributed by atoms with Gasteiger partial charge in [0.05, 0.1) is 11.3 Å². The molecule has 1 amide bonds. The molecular formula is C16H16F2N2O. The number of anilines is 1. The van der Waals surface area contributed by atoms with Crippen molar-refractivity contribution in [2.75, 3.05) is 18.0 Å². The van der Waals surface area contributed by atoms with E-state index in [1.807, 2.05) is 0 Å². The van der Waals surface area contributed by atoms with Crippen molar-refractivity contribution in [1.29, 1.82) is 0 Å². The Labute approximate surface area is 122 Å². The van der Waals surface area contributed by atoms with Gasteiger partial charge in [-0.1, -0.05) is 24.3 Å². The molecule has 110 valence electrons. The van der Waals surface area contributed by atoms with Crippen LogP contribution in [-0.4, -0.2) is 19.0 Å². The van der Waals surface area contributed by atoms with Crippen molar-refractivity contribution >= 4 is 11.6 Å². The molecule has 5 heteroatoms. The summed E-state index contributed by atoms with van der Waals surface area (Å²) in [4.78, 5) is 13.7. The number of para-hydroxylation sites is 1. The molecule has 0 aliphatic rings. The van der Waals surface area contributed by atoms with Gasteiger partial charge in [-0.25, -0.2) is 8.78 Å². The van der Waals surface area contributed by atoms with Gasteiger partial charge in [0.15, 0.2) is 0 Å². The fraction of sp³-hybridized carbons (Fsp3) is 0.188. The number of benzene rings is 2. The quantitative estimate of drug-likeness (QED) is 0.920. The summed E-state index contributed by atoms with van der Waals surface area (Å²) >= 11 is 0. The van der Waals surface area contributed by atoms with Crippen molar-refractivity contribution in [2.45, 2.75) is 6.42 Å². The standard InChI is InChI=1S/C16H16F2N2O/c17-13-7-2-1-6-12(13)16(21)20(11-5-10-19)15-9-4-3-8-14(15)18/h1-4,6-9H,5,10-11,19H2. The highest BCUT2D eigenvalue weighted by Crippen LogP contribution is 2.22. The van der Waals surface area contributed by atoms with E-state index in [0.29, 0.717) is 13.0 Å². The first-order chi connectivity index (χ1) is 10.1. The molecule has 0 saturated carbocycles. The van der Waals surface area contributed by atoms with Crippen molar-refractivity contribution in [1.82, 2.24) is 0 Å². The molecule has 3 nitrogen and oxygen atoms in total. The van der Waals surface area contributed by atoms with E-state index in [0.717, 1.165) is 0 Å². The Morgan fingerprint density at radius 3 is 2.24 bits per heavy atom. The number of rotatable bonds is 5. The molecule has 0 fully saturated rings. The number of halogens is 2. The highest BCUT2D eigenvalue weighted by molar-refractivity contribution is 6.06. The molecule has 0 unspecified atom stereocenters. The lowest BCUT2D eigenvalue weighted by Crippen LogP contribution is -2.34. The van der Waals surface area contributed by atoms with Crippen LogP contribution in [0.15, 0.2) is 48.5 Å². The zero-order chi connectivity index (χ0) is 15.2. The summed E-state index contributed by atoms with van der Waals surface area (Å²) in [5.74, 6) is -1.73. The molecule has 2 N–H and O–H groups in total. The van der Waals surface area contributed by atoms with E-state index in [-0.39, 0.29) is 17.8 Å². The highest BCUT2D eigenvalue weighted by atomic mass is 19.1. The van der Waals surface area contributed by atoms with Crippen molar-refractivity contribution < 1.29 is 13.6 Å². The molecule has 0 aliphatic heterocycles. The first-order valence-electron chi connectivity index (χ1n) is 6.66. The van der Waals surface area contributed by atoms with Crippen LogP contribution in [0.25, 0.3) is 0 Å². The minimum Gasteiger partial charge on any atom is -0.330 e. The maximum atomic E-state index is 13.9. The summed E-state index contributed by atoms with van der Waals surface area (Å²) in [5, 5.41) is 0. The third kappa shape index (κ3) is 3.44. The van der Waals surface area contributed by atoms with E-state index >= 15 is 0 Å². The van der Waals surface area contributed by atoms with Crippen LogP contribution in [0.1, 0.15) is 16.8 Å². The van der Waals surface area contributed by atoms with Crippen LogP contribution in [0.2, 0.25) is 0 Å². The second-order valence-corrected chi connectivity index (χ2v) is 4.53. The first kappa shape index (κ1) is 15.1. The predicted octanol–water partition coefficient (Wildman–Crippen LogP) is 2.96. The molecule has 0 bridgehead atoms. The van der Waals surface area contributed by atoms with Gasteiger partial charge < -0.3 is 10.6 Å². The van der Waals surface area contributed by atoms with E-state index in [4.69, 9.17) is 5.73 Å². The largest absolute Gasteiger partial charge is 0.330 e. The third-order valence-corrected chi connectivity index (χ3v) is 3.08. The van der Waals surface area contributed by atoms with Crippen molar-refractivity contribution in [2.24, 2.45) is 5.73 Å². The Bertz CT molecular complexity index is 631. The number of nitrogens with two attached hydrogens (primary N) is 1. The first-order valence-corrected chi connectivity index (χ1v) is 6.66. The number of nitrogens with zero attached hydrogens (tertiary/aromatic N) is 1. The molecule has 2 aromatic carbocycles. The van der Waals surface area contributed by atoms with E-state index in [2.05, 4.69) is 0 Å². The predicted molar refractivity (Wildman–Crippen MR) is 78.1 cm³/mol. The Morgan fingerprint density at radius 1 is 1.00 bits per heavy atom. The average Bonchev–Trinajstić information content (AvgIpc) is 2.49. The zero-order valence-corrected chi connectivity index (χ0v) is 11.4. The maximum absolute atomic E-state index is 13.9. The summed E-state index contributed by atoms with van der Waals surface area (Å²) in [6.07, 6.45) is 0.495. The lowest BCUT2D eigenvalue weighted by molar-refractivity contribution is 0.0982. The van der Waals surface area contributed by atoms with Crippen LogP contribution in [0.4, 0.5) is 14.5 Å². The van der Waals surface area contributed by atoms with Crippen LogP contribution in [-0.2, 0) is 0 Å². The van der Waals surface area contributed by atoms with Gasteiger partial charge in [0.2, 0.25) is 0 Å². The van der Waals surface area contributed by atoms with E-state index < -0.39 is 17.5 Å². The number of amides is 1. The number of hydrogen-bond acceptors (Lipinski definition) is 2. The van der Waals surface area contributed by atoms with Crippen molar-refractivity contribution in [3.8, 4) is 0 Å². The number of hydrogen-bond donors (Lipinski definition) is 1. The Balaban J connectivity index is 2.39. The Morgan fingerprint density at radius 2 is 1.62 bits per heavy atom. The summed E-state index contributed by atoms with van der Waals surface area (Å²) < 4.78 is 27.7. The van der Waals surface area contributed by atoms with Gasteiger partial charge in [0.1, 0.15) is 11.6 Å². The summed E-state index contributed by atoms with van der Waals surface area (Å²) in [5.41, 5.74) is 5.49. The average molecular weight is 290 g/mol. The van der Waals surface area contributed by atoms with E-state index in [1.54, 1.807) is 12.1 Å². The maximum Gasteiger partial charge on any atom is 0.261 e. The third-order valence-electron chi connectivity index (χ3n) is 3.08. The summed E-state index contributed by atoms with van der Waals surface area (Å²) in [6.45, 7) is 0.583. The molecule has 0 aromatic heterocycles. The fourth-order valence-corrected chi connectivity index (χ4v) is 2.03. The lowest BCUT2D eigenvalue weighted by atomic mass is 10.1. The van der Waals surface area contributed by atoms with Gasteiger partial charge in [-0.2, -0.15) is 0 Å². The zero-order valence-electron chi connectivity index (χ0n) is 11.4. The fourth-order valence-electron chi connectivity index (χ4n) is 2.03. The van der Waals surface area contributed by atoms with Gasteiger partial charge in [0, 0.05) is 6.54 Å². The number of carbonyl (C=O) groups excluding carboxylic acids is 1. The molecule has 0 radical (unpaired) electrons. The smallest absolute Gasteiger partial charge is 0.261 e. The van der Waals surface area contributed by atoms with Crippen LogP contribution in [0.3, 0.4) is 0 Å². The molecule has 0 atom stereocenters. The van der Waals surface area contributed by atoms with E-state index in [9.17, 15) is 13.6 Å². The second kappa shape index (κ2) is 6.95. The van der Waals surface area contributed by atoms with Gasteiger partial charge in [-0.15, -0.1) is 0 Å². The Kier molecular flexibility index (Phi) is 5.00. The Hall–Kier alpha value is -2.27. The van der Waals surface area contributed by atoms with Crippen LogP contribution in [0.5, 0.6) is 0 Å². The molecule has 0 heterocycles. The van der Waals surface area contributed by atoms with Gasteiger partial charge >= 0.3 is 0 Å². The minimum atomic E-state index is -0.628. The van der Waals surface area contributed by atoms with Crippen molar-refractivity contribution in [3.63, 3.8) is 0 Å². The summed E-state index contributed by atoms with van der Waals surface area (Å²) in [7, 11) is 0. The lowest BCUT2D eigenvalue weighted by Gasteiger charge is -2.23. The number of carbonyl (C=O) groups is 1. The monoisotopic (exact) mass is 290 g/mol. The van der Waals surface area contributed by atoms with Crippen LogP contribution < -0.4 is 10.6 Å². The summed E-state index contributed by atoms with van der Waals surface area (Å²) in [6, 6.07) is 11.6. The minimum absolute atomic E-state index is 0.0854. The molecule has 0 spiro atoms. The molecule has 0 saturated heterocycles. The topological polar surface area (TPSA) is 46.3 Å². The normalized spacial score (nSPS) is 10.4. The van der Waals surface area contributed by atoms with Gasteiger partial charge in [-0.3, -0.25) is 4.79 Å². The van der Waals surface area contributed by atoms with Crippen LogP contribution >= 0.6 is 0 Å². The molecule has 0 aliphatic carbocycles. The molecule has 2 rings (SSSR count). The van der Waals surface area contributed by atoms with Gasteiger partial charge in [-0.05, 0) is 37.2 Å².